The molecule has 0 aromatic rings. The van der Waals surface area contributed by atoms with Gasteiger partial charge in [-0.3, -0.25) is 4.79 Å². The van der Waals surface area contributed by atoms with Crippen molar-refractivity contribution >= 4 is 23.7 Å². The van der Waals surface area contributed by atoms with Crippen LogP contribution >= 0.6 is 0 Å². The Kier molecular flexibility index (Phi) is 6.74. The van der Waals surface area contributed by atoms with Crippen LogP contribution in [0.4, 0.5) is 0 Å². The molecule has 0 aromatic carbocycles. The number of hydrogen-bond acceptors (Lipinski definition) is 7. The standard InChI is InChI=1S/C12H18O7/c1-5-17-9(14)12(8(4)13,10(15)18-6-2)11(16)19-7-3/h5-7H2,1-4H3. The van der Waals surface area contributed by atoms with E-state index < -0.39 is 29.1 Å². The van der Waals surface area contributed by atoms with Crippen molar-refractivity contribution in [3.05, 3.63) is 0 Å². The molecule has 108 valence electrons. The van der Waals surface area contributed by atoms with E-state index in [-0.39, 0.29) is 19.8 Å². The van der Waals surface area contributed by atoms with Gasteiger partial charge in [-0.25, -0.2) is 14.4 Å². The Morgan fingerprint density at radius 3 is 1.16 bits per heavy atom. The molecule has 0 N–H and O–H groups in total. The molecule has 7 heteroatoms. The summed E-state index contributed by atoms with van der Waals surface area (Å²) in [4.78, 5) is 47.4. The third kappa shape index (κ3) is 3.30. The van der Waals surface area contributed by atoms with E-state index in [1.807, 2.05) is 0 Å². The van der Waals surface area contributed by atoms with Crippen LogP contribution in [-0.2, 0) is 33.4 Å². The predicted octanol–water partition coefficient (Wildman–Crippen LogP) is 0.251. The van der Waals surface area contributed by atoms with E-state index in [9.17, 15) is 19.2 Å². The summed E-state index contributed by atoms with van der Waals surface area (Å²) >= 11 is 0. The number of ketones is 1. The van der Waals surface area contributed by atoms with Crippen LogP contribution in [0.15, 0.2) is 0 Å². The normalized spacial score (nSPS) is 10.5. The van der Waals surface area contributed by atoms with Gasteiger partial charge >= 0.3 is 23.3 Å². The molecular formula is C12H18O7. The number of esters is 3. The summed E-state index contributed by atoms with van der Waals surface area (Å²) in [5, 5.41) is 0. The van der Waals surface area contributed by atoms with Crippen molar-refractivity contribution in [2.75, 3.05) is 19.8 Å². The first-order valence-corrected chi connectivity index (χ1v) is 5.92. The van der Waals surface area contributed by atoms with Gasteiger partial charge in [0.2, 0.25) is 0 Å². The van der Waals surface area contributed by atoms with E-state index in [1.165, 1.54) is 20.8 Å². The maximum absolute atomic E-state index is 11.9. The minimum Gasteiger partial charge on any atom is -0.464 e. The minimum absolute atomic E-state index is 0.0906. The molecule has 0 fully saturated rings. The van der Waals surface area contributed by atoms with E-state index >= 15 is 0 Å². The van der Waals surface area contributed by atoms with Gasteiger partial charge in [-0.2, -0.15) is 0 Å². The molecule has 0 spiro atoms. The van der Waals surface area contributed by atoms with Gasteiger partial charge in [-0.05, 0) is 27.7 Å². The lowest BCUT2D eigenvalue weighted by Gasteiger charge is -2.24. The molecule has 0 atom stereocenters. The van der Waals surface area contributed by atoms with Crippen LogP contribution in [-0.4, -0.2) is 43.5 Å². The highest BCUT2D eigenvalue weighted by Crippen LogP contribution is 2.25. The summed E-state index contributed by atoms with van der Waals surface area (Å²) in [5.41, 5.74) is -2.69. The monoisotopic (exact) mass is 274 g/mol. The van der Waals surface area contributed by atoms with Crippen LogP contribution in [0.2, 0.25) is 0 Å². The topological polar surface area (TPSA) is 96.0 Å². The minimum atomic E-state index is -2.69. The fourth-order valence-electron chi connectivity index (χ4n) is 1.40. The van der Waals surface area contributed by atoms with Crippen molar-refractivity contribution in [2.45, 2.75) is 27.7 Å². The van der Waals surface area contributed by atoms with Crippen molar-refractivity contribution in [1.29, 1.82) is 0 Å². The van der Waals surface area contributed by atoms with Gasteiger partial charge in [0.05, 0.1) is 19.8 Å². The van der Waals surface area contributed by atoms with E-state index in [1.54, 1.807) is 0 Å². The SMILES string of the molecule is CCOC(=O)C(C(C)=O)(C(=O)OCC)C(=O)OCC. The quantitative estimate of drug-likeness (QED) is 0.373. The van der Waals surface area contributed by atoms with Gasteiger partial charge < -0.3 is 14.2 Å². The summed E-state index contributed by atoms with van der Waals surface area (Å²) in [5.74, 6) is -4.83. The van der Waals surface area contributed by atoms with Crippen LogP contribution in [0.1, 0.15) is 27.7 Å². The molecule has 0 aliphatic heterocycles. The largest absolute Gasteiger partial charge is 0.464 e. The molecule has 0 amide bonds. The lowest BCUT2D eigenvalue weighted by Crippen LogP contribution is -2.54. The highest BCUT2D eigenvalue weighted by atomic mass is 16.6. The van der Waals surface area contributed by atoms with E-state index in [0.717, 1.165) is 6.92 Å². The van der Waals surface area contributed by atoms with Gasteiger partial charge in [-0.15, -0.1) is 0 Å². The number of ether oxygens (including phenoxy) is 3. The van der Waals surface area contributed by atoms with Crippen molar-refractivity contribution < 1.29 is 33.4 Å². The van der Waals surface area contributed by atoms with Crippen LogP contribution in [0.25, 0.3) is 0 Å². The second-order valence-electron chi connectivity index (χ2n) is 3.47. The fourth-order valence-corrected chi connectivity index (χ4v) is 1.40. The number of rotatable bonds is 7. The molecule has 0 bridgehead atoms. The molecule has 0 unspecified atom stereocenters. The predicted molar refractivity (Wildman–Crippen MR) is 63.0 cm³/mol. The molecule has 0 aromatic heterocycles. The van der Waals surface area contributed by atoms with Crippen molar-refractivity contribution in [3.63, 3.8) is 0 Å². The molecule has 0 rings (SSSR count). The summed E-state index contributed by atoms with van der Waals surface area (Å²) < 4.78 is 13.9. The molecule has 0 heterocycles. The molecule has 0 aliphatic carbocycles. The number of hydrogen-bond donors (Lipinski definition) is 0. The molecule has 19 heavy (non-hydrogen) atoms. The second kappa shape index (κ2) is 7.50. The van der Waals surface area contributed by atoms with Crippen LogP contribution in [0.5, 0.6) is 0 Å². The average Bonchev–Trinajstić information content (AvgIpc) is 2.30. The Bertz CT molecular complexity index is 327. The maximum atomic E-state index is 11.9. The molecule has 0 radical (unpaired) electrons. The lowest BCUT2D eigenvalue weighted by molar-refractivity contribution is -0.184. The molecule has 0 saturated heterocycles. The summed E-state index contributed by atoms with van der Waals surface area (Å²) in [7, 11) is 0. The van der Waals surface area contributed by atoms with Crippen LogP contribution < -0.4 is 0 Å². The zero-order valence-corrected chi connectivity index (χ0v) is 11.5. The highest BCUT2D eigenvalue weighted by Gasteiger charge is 2.61. The van der Waals surface area contributed by atoms with Crippen molar-refractivity contribution in [1.82, 2.24) is 0 Å². The molecule has 7 nitrogen and oxygen atoms in total. The Balaban J connectivity index is 5.74. The number of carbonyl (C=O) groups is 4. The third-order valence-electron chi connectivity index (χ3n) is 2.27. The second-order valence-corrected chi connectivity index (χ2v) is 3.47. The van der Waals surface area contributed by atoms with Crippen molar-refractivity contribution in [2.24, 2.45) is 5.41 Å². The average molecular weight is 274 g/mol. The summed E-state index contributed by atoms with van der Waals surface area (Å²) in [6.07, 6.45) is 0. The molecule has 0 aliphatic rings. The van der Waals surface area contributed by atoms with Gasteiger partial charge in [0, 0.05) is 0 Å². The van der Waals surface area contributed by atoms with Crippen molar-refractivity contribution in [3.8, 4) is 0 Å². The molecule has 0 saturated carbocycles. The third-order valence-corrected chi connectivity index (χ3v) is 2.27. The number of Topliss-reactive ketones (excluding diaryl/α,β-unsaturated/α-hetero) is 1. The Labute approximate surface area is 111 Å². The number of carbonyl (C=O) groups excluding carboxylic acids is 4. The van der Waals surface area contributed by atoms with Gasteiger partial charge in [0.25, 0.3) is 0 Å². The molecular weight excluding hydrogens is 256 g/mol. The smallest absolute Gasteiger partial charge is 0.343 e. The van der Waals surface area contributed by atoms with E-state index in [2.05, 4.69) is 14.2 Å². The van der Waals surface area contributed by atoms with Gasteiger partial charge in [-0.1, -0.05) is 0 Å². The fraction of sp³-hybridized carbons (Fsp3) is 0.667. The Morgan fingerprint density at radius 2 is 1.00 bits per heavy atom. The van der Waals surface area contributed by atoms with E-state index in [4.69, 9.17) is 0 Å². The van der Waals surface area contributed by atoms with Crippen LogP contribution in [0.3, 0.4) is 0 Å². The highest BCUT2D eigenvalue weighted by molar-refractivity contribution is 6.34. The summed E-state index contributed by atoms with van der Waals surface area (Å²) in [6, 6.07) is 0. The summed E-state index contributed by atoms with van der Waals surface area (Å²) in [6.45, 7) is 5.12. The zero-order chi connectivity index (χ0) is 15.1. The first-order valence-electron chi connectivity index (χ1n) is 5.92. The Morgan fingerprint density at radius 1 is 0.737 bits per heavy atom. The first-order chi connectivity index (χ1) is 8.89. The maximum Gasteiger partial charge on any atom is 0.343 e. The first kappa shape index (κ1) is 17.1. The zero-order valence-electron chi connectivity index (χ0n) is 11.5. The lowest BCUT2D eigenvalue weighted by atomic mass is 9.84. The van der Waals surface area contributed by atoms with E-state index in [0.29, 0.717) is 0 Å². The van der Waals surface area contributed by atoms with Gasteiger partial charge in [0.15, 0.2) is 5.78 Å². The van der Waals surface area contributed by atoms with Gasteiger partial charge in [0.1, 0.15) is 0 Å². The van der Waals surface area contributed by atoms with Crippen LogP contribution in [0, 0.1) is 5.41 Å². The Hall–Kier alpha value is -1.92.